The van der Waals surface area contributed by atoms with Gasteiger partial charge in [0.05, 0.1) is 6.10 Å². The topological polar surface area (TPSA) is 56.3 Å². The van der Waals surface area contributed by atoms with Gasteiger partial charge in [0.25, 0.3) is 0 Å². The molecule has 5 heteroatoms. The Bertz CT molecular complexity index is 399. The second-order valence-corrected chi connectivity index (χ2v) is 5.17. The van der Waals surface area contributed by atoms with E-state index in [0.717, 1.165) is 12.2 Å². The number of aromatic nitrogens is 2. The standard InChI is InChI=1S/C16H29N3O2/c1-5-7-8-9-10-13(3)21-16-11-14(17-4)18-15(19-16)12-20-6-2/h11,13H,5-10,12H2,1-4H3,(H,17,18,19). The van der Waals surface area contributed by atoms with Crippen LogP contribution in [0.1, 0.15) is 58.7 Å². The molecular weight excluding hydrogens is 266 g/mol. The predicted molar refractivity (Wildman–Crippen MR) is 85.8 cm³/mol. The Morgan fingerprint density at radius 2 is 2.00 bits per heavy atom. The highest BCUT2D eigenvalue weighted by atomic mass is 16.5. The van der Waals surface area contributed by atoms with Gasteiger partial charge < -0.3 is 14.8 Å². The maximum Gasteiger partial charge on any atom is 0.219 e. The number of hydrogen-bond acceptors (Lipinski definition) is 5. The Morgan fingerprint density at radius 3 is 2.67 bits per heavy atom. The third kappa shape index (κ3) is 7.27. The molecule has 0 aliphatic heterocycles. The Hall–Kier alpha value is -1.36. The van der Waals surface area contributed by atoms with Crippen molar-refractivity contribution in [1.82, 2.24) is 9.97 Å². The lowest BCUT2D eigenvalue weighted by Gasteiger charge is -2.15. The first kappa shape index (κ1) is 17.7. The molecule has 0 amide bonds. The Morgan fingerprint density at radius 1 is 1.19 bits per heavy atom. The van der Waals surface area contributed by atoms with Gasteiger partial charge in [-0.05, 0) is 26.7 Å². The van der Waals surface area contributed by atoms with Gasteiger partial charge in [0, 0.05) is 19.7 Å². The first-order valence-electron chi connectivity index (χ1n) is 7.99. The third-order valence-corrected chi connectivity index (χ3v) is 3.23. The summed E-state index contributed by atoms with van der Waals surface area (Å²) in [5.74, 6) is 2.02. The van der Waals surface area contributed by atoms with Crippen molar-refractivity contribution in [3.05, 3.63) is 11.9 Å². The fourth-order valence-corrected chi connectivity index (χ4v) is 2.04. The van der Waals surface area contributed by atoms with Crippen LogP contribution in [0.15, 0.2) is 6.07 Å². The average Bonchev–Trinajstić information content (AvgIpc) is 2.49. The van der Waals surface area contributed by atoms with E-state index in [0.29, 0.717) is 24.9 Å². The van der Waals surface area contributed by atoms with Gasteiger partial charge in [-0.2, -0.15) is 4.98 Å². The quantitative estimate of drug-likeness (QED) is 0.629. The van der Waals surface area contributed by atoms with Crippen molar-refractivity contribution in [2.24, 2.45) is 0 Å². The molecule has 1 rings (SSSR count). The molecule has 1 aromatic heterocycles. The smallest absolute Gasteiger partial charge is 0.219 e. The molecule has 0 saturated heterocycles. The van der Waals surface area contributed by atoms with E-state index in [2.05, 4.69) is 29.1 Å². The second kappa shape index (κ2) is 10.4. The molecule has 0 radical (unpaired) electrons. The molecule has 1 unspecified atom stereocenters. The molecule has 0 bridgehead atoms. The lowest BCUT2D eigenvalue weighted by atomic mass is 10.1. The zero-order valence-corrected chi connectivity index (χ0v) is 13.8. The fraction of sp³-hybridized carbons (Fsp3) is 0.750. The number of anilines is 1. The van der Waals surface area contributed by atoms with Gasteiger partial charge in [0.2, 0.25) is 5.88 Å². The predicted octanol–water partition coefficient (Wildman–Crippen LogP) is 3.79. The molecule has 0 spiro atoms. The van der Waals surface area contributed by atoms with Crippen LogP contribution in [0.25, 0.3) is 0 Å². The van der Waals surface area contributed by atoms with Crippen LogP contribution in [-0.4, -0.2) is 29.7 Å². The van der Waals surface area contributed by atoms with E-state index in [4.69, 9.17) is 9.47 Å². The minimum atomic E-state index is 0.168. The van der Waals surface area contributed by atoms with Crippen LogP contribution in [0.2, 0.25) is 0 Å². The molecular formula is C16H29N3O2. The first-order chi connectivity index (χ1) is 10.2. The molecule has 0 fully saturated rings. The summed E-state index contributed by atoms with van der Waals surface area (Å²) in [6.45, 7) is 7.33. The van der Waals surface area contributed by atoms with E-state index < -0.39 is 0 Å². The molecule has 5 nitrogen and oxygen atoms in total. The van der Waals surface area contributed by atoms with Crippen molar-refractivity contribution < 1.29 is 9.47 Å². The van der Waals surface area contributed by atoms with Gasteiger partial charge in [0.1, 0.15) is 12.4 Å². The van der Waals surface area contributed by atoms with Gasteiger partial charge in [-0.1, -0.05) is 26.2 Å². The Balaban J connectivity index is 2.55. The van der Waals surface area contributed by atoms with Crippen LogP contribution >= 0.6 is 0 Å². The Labute approximate surface area is 128 Å². The van der Waals surface area contributed by atoms with Gasteiger partial charge >= 0.3 is 0 Å². The minimum absolute atomic E-state index is 0.168. The summed E-state index contributed by atoms with van der Waals surface area (Å²) in [6, 6.07) is 1.83. The summed E-state index contributed by atoms with van der Waals surface area (Å²) >= 11 is 0. The number of nitrogens with one attached hydrogen (secondary N) is 1. The molecule has 0 aliphatic carbocycles. The molecule has 120 valence electrons. The van der Waals surface area contributed by atoms with Crippen LogP contribution in [0.5, 0.6) is 5.88 Å². The number of rotatable bonds is 11. The zero-order chi connectivity index (χ0) is 15.5. The summed E-state index contributed by atoms with van der Waals surface area (Å²) < 4.78 is 11.3. The molecule has 1 atom stereocenters. The van der Waals surface area contributed by atoms with Gasteiger partial charge in [-0.3, -0.25) is 0 Å². The zero-order valence-electron chi connectivity index (χ0n) is 13.8. The fourth-order valence-electron chi connectivity index (χ4n) is 2.04. The minimum Gasteiger partial charge on any atom is -0.475 e. The summed E-state index contributed by atoms with van der Waals surface area (Å²) in [4.78, 5) is 8.76. The lowest BCUT2D eigenvalue weighted by Crippen LogP contribution is -2.14. The van der Waals surface area contributed by atoms with Crippen LogP contribution in [-0.2, 0) is 11.3 Å². The molecule has 0 aliphatic rings. The summed E-state index contributed by atoms with van der Waals surface area (Å²) in [5.41, 5.74) is 0. The normalized spacial score (nSPS) is 12.2. The van der Waals surface area contributed by atoms with Crippen LogP contribution < -0.4 is 10.1 Å². The van der Waals surface area contributed by atoms with E-state index in [-0.39, 0.29) is 6.10 Å². The van der Waals surface area contributed by atoms with Crippen molar-refractivity contribution in [2.45, 2.75) is 65.6 Å². The second-order valence-electron chi connectivity index (χ2n) is 5.17. The van der Waals surface area contributed by atoms with Crippen LogP contribution in [0.4, 0.5) is 5.82 Å². The SMILES string of the molecule is CCCCCCC(C)Oc1cc(NC)nc(COCC)n1. The molecule has 0 saturated carbocycles. The highest BCUT2D eigenvalue weighted by Crippen LogP contribution is 2.17. The van der Waals surface area contributed by atoms with Crippen LogP contribution in [0, 0.1) is 0 Å². The highest BCUT2D eigenvalue weighted by Gasteiger charge is 2.09. The van der Waals surface area contributed by atoms with Gasteiger partial charge in [-0.25, -0.2) is 4.98 Å². The van der Waals surface area contributed by atoms with Gasteiger partial charge in [0.15, 0.2) is 5.82 Å². The molecule has 1 aromatic rings. The monoisotopic (exact) mass is 295 g/mol. The number of hydrogen-bond donors (Lipinski definition) is 1. The van der Waals surface area contributed by atoms with E-state index in [9.17, 15) is 0 Å². The van der Waals surface area contributed by atoms with E-state index >= 15 is 0 Å². The number of nitrogens with zero attached hydrogens (tertiary/aromatic N) is 2. The van der Waals surface area contributed by atoms with Crippen molar-refractivity contribution in [2.75, 3.05) is 19.0 Å². The lowest BCUT2D eigenvalue weighted by molar-refractivity contribution is 0.126. The van der Waals surface area contributed by atoms with Crippen LogP contribution in [0.3, 0.4) is 0 Å². The molecule has 1 N–H and O–H groups in total. The number of ether oxygens (including phenoxy) is 2. The number of unbranched alkanes of at least 4 members (excludes halogenated alkanes) is 3. The highest BCUT2D eigenvalue weighted by molar-refractivity contribution is 5.37. The largest absolute Gasteiger partial charge is 0.475 e. The maximum absolute atomic E-state index is 5.91. The van der Waals surface area contributed by atoms with E-state index in [1.807, 2.05) is 20.0 Å². The van der Waals surface area contributed by atoms with Crippen molar-refractivity contribution in [3.63, 3.8) is 0 Å². The van der Waals surface area contributed by atoms with Crippen molar-refractivity contribution in [3.8, 4) is 5.88 Å². The molecule has 1 heterocycles. The molecule has 0 aromatic carbocycles. The van der Waals surface area contributed by atoms with E-state index in [1.165, 1.54) is 25.7 Å². The maximum atomic E-state index is 5.91. The summed E-state index contributed by atoms with van der Waals surface area (Å²) in [7, 11) is 1.84. The Kier molecular flexibility index (Phi) is 8.74. The summed E-state index contributed by atoms with van der Waals surface area (Å²) in [5, 5.41) is 3.03. The molecule has 21 heavy (non-hydrogen) atoms. The van der Waals surface area contributed by atoms with Crippen molar-refractivity contribution in [1.29, 1.82) is 0 Å². The average molecular weight is 295 g/mol. The third-order valence-electron chi connectivity index (χ3n) is 3.23. The van der Waals surface area contributed by atoms with Gasteiger partial charge in [-0.15, -0.1) is 0 Å². The summed E-state index contributed by atoms with van der Waals surface area (Å²) in [6.07, 6.45) is 6.24. The van der Waals surface area contributed by atoms with E-state index in [1.54, 1.807) is 0 Å². The first-order valence-corrected chi connectivity index (χ1v) is 7.99. The van der Waals surface area contributed by atoms with Crippen molar-refractivity contribution >= 4 is 5.82 Å².